The van der Waals surface area contributed by atoms with Crippen molar-refractivity contribution in [1.82, 2.24) is 0 Å². The van der Waals surface area contributed by atoms with Gasteiger partial charge in [0, 0.05) is 40.6 Å². The third-order valence-electron chi connectivity index (χ3n) is 3.93. The van der Waals surface area contributed by atoms with E-state index >= 15 is 0 Å². The Bertz CT molecular complexity index is 850. The van der Waals surface area contributed by atoms with Gasteiger partial charge < -0.3 is 9.84 Å². The van der Waals surface area contributed by atoms with Crippen molar-refractivity contribution in [3.05, 3.63) is 53.1 Å². The molecule has 0 fully saturated rings. The number of aliphatic hydroxyl groups is 1. The van der Waals surface area contributed by atoms with Crippen LogP contribution >= 0.6 is 10.7 Å². The molecule has 1 aliphatic carbocycles. The number of hydrogen-bond acceptors (Lipinski definition) is 3. The summed E-state index contributed by atoms with van der Waals surface area (Å²) >= 11 is 0. The zero-order valence-corrected chi connectivity index (χ0v) is 13.9. The van der Waals surface area contributed by atoms with E-state index in [0.717, 1.165) is 12.1 Å². The van der Waals surface area contributed by atoms with Gasteiger partial charge in [-0.2, -0.15) is 0 Å². The van der Waals surface area contributed by atoms with Gasteiger partial charge in [-0.3, -0.25) is 5.14 Å². The van der Waals surface area contributed by atoms with E-state index in [1.54, 1.807) is 12.3 Å². The van der Waals surface area contributed by atoms with E-state index in [9.17, 15) is 22.7 Å². The van der Waals surface area contributed by atoms with E-state index in [-0.39, 0.29) is 22.6 Å². The molecule has 0 spiro atoms. The van der Waals surface area contributed by atoms with Crippen LogP contribution in [0.4, 0.5) is 17.6 Å². The first kappa shape index (κ1) is 17.9. The zero-order valence-electron chi connectivity index (χ0n) is 13.1. The van der Waals surface area contributed by atoms with Crippen LogP contribution in [0.1, 0.15) is 24.2 Å². The Morgan fingerprint density at radius 2 is 1.88 bits per heavy atom. The first-order chi connectivity index (χ1) is 11.7. The second-order valence-corrected chi connectivity index (χ2v) is 7.26. The summed E-state index contributed by atoms with van der Waals surface area (Å²) in [6.45, 7) is 1.69. The summed E-state index contributed by atoms with van der Waals surface area (Å²) in [5.74, 6) is -5.23. The van der Waals surface area contributed by atoms with Gasteiger partial charge in [0.2, 0.25) is 0 Å². The highest BCUT2D eigenvalue weighted by Crippen LogP contribution is 2.50. The van der Waals surface area contributed by atoms with Crippen LogP contribution in [0.25, 0.3) is 0 Å². The molecule has 3 nitrogen and oxygen atoms in total. The number of benzene rings is 2. The lowest BCUT2D eigenvalue weighted by atomic mass is 10.1. The number of halogens is 4. The number of aliphatic hydroxyl groups excluding tert-OH is 1. The predicted molar refractivity (Wildman–Crippen MR) is 88.3 cm³/mol. The summed E-state index contributed by atoms with van der Waals surface area (Å²) in [5, 5.41) is 17.6. The first-order valence-electron chi connectivity index (χ1n) is 7.35. The van der Waals surface area contributed by atoms with Gasteiger partial charge in [0.15, 0.2) is 0 Å². The number of hydrogen-bond donors (Lipinski definition) is 2. The number of fused-ring (bicyclic) bond motifs is 1. The zero-order chi connectivity index (χ0) is 18.4. The molecule has 2 aromatic rings. The van der Waals surface area contributed by atoms with Crippen molar-refractivity contribution in [2.75, 3.05) is 0 Å². The van der Waals surface area contributed by atoms with Crippen LogP contribution in [0.2, 0.25) is 0 Å². The molecule has 2 atom stereocenters. The minimum Gasteiger partial charge on any atom is -0.457 e. The van der Waals surface area contributed by atoms with Crippen molar-refractivity contribution in [2.24, 2.45) is 5.14 Å². The van der Waals surface area contributed by atoms with Gasteiger partial charge in [-0.1, -0.05) is 10.7 Å². The average Bonchev–Trinajstić information content (AvgIpc) is 2.77. The molecule has 1 unspecified atom stereocenters. The number of alkyl halides is 2. The molecular formula is C17H15F4NO2S. The van der Waals surface area contributed by atoms with Crippen LogP contribution in [-0.4, -0.2) is 16.4 Å². The van der Waals surface area contributed by atoms with E-state index in [2.05, 4.69) is 0 Å². The summed E-state index contributed by atoms with van der Waals surface area (Å²) in [6.07, 6.45) is -2.76. The summed E-state index contributed by atoms with van der Waals surface area (Å²) in [5.41, 5.74) is 0.104. The number of ether oxygens (including phenoxy) is 1. The smallest absolute Gasteiger partial charge is 0.281 e. The van der Waals surface area contributed by atoms with E-state index < -0.39 is 40.8 Å². The molecule has 0 heterocycles. The van der Waals surface area contributed by atoms with Crippen LogP contribution < -0.4 is 9.88 Å². The largest absolute Gasteiger partial charge is 0.457 e. The molecule has 0 radical (unpaired) electrons. The molecule has 1 aliphatic rings. The molecule has 3 N–H and O–H groups in total. The quantitative estimate of drug-likeness (QED) is 0.623. The van der Waals surface area contributed by atoms with Crippen molar-refractivity contribution in [1.29, 1.82) is 0 Å². The summed E-state index contributed by atoms with van der Waals surface area (Å²) in [7, 11) is -0.932. The summed E-state index contributed by atoms with van der Waals surface area (Å²) in [6, 6.07) is 5.47. The molecular weight excluding hydrogens is 358 g/mol. The lowest BCUT2D eigenvalue weighted by Gasteiger charge is -2.17. The molecule has 0 aromatic heterocycles. The molecule has 3 rings (SSSR count). The number of rotatable bonds is 3. The van der Waals surface area contributed by atoms with Crippen LogP contribution in [0.15, 0.2) is 35.2 Å². The fourth-order valence-electron chi connectivity index (χ4n) is 2.79. The Morgan fingerprint density at radius 3 is 2.48 bits per heavy atom. The molecule has 2 aromatic carbocycles. The van der Waals surface area contributed by atoms with E-state index in [0.29, 0.717) is 11.0 Å². The molecule has 0 aliphatic heterocycles. The Hall–Kier alpha value is -1.90. The van der Waals surface area contributed by atoms with Crippen molar-refractivity contribution in [2.45, 2.75) is 30.3 Å². The van der Waals surface area contributed by atoms with Crippen LogP contribution in [0.5, 0.6) is 11.5 Å². The van der Waals surface area contributed by atoms with Crippen molar-refractivity contribution in [3.8, 4) is 11.5 Å². The van der Waals surface area contributed by atoms with E-state index in [1.807, 2.05) is 0 Å². The van der Waals surface area contributed by atoms with Crippen LogP contribution in [0.3, 0.4) is 0 Å². The van der Waals surface area contributed by atoms with Crippen LogP contribution in [-0.2, 0) is 6.42 Å². The van der Waals surface area contributed by atoms with Gasteiger partial charge in [-0.15, -0.1) is 0 Å². The normalized spacial score (nSPS) is 19.7. The molecule has 0 bridgehead atoms. The molecule has 134 valence electrons. The summed E-state index contributed by atoms with van der Waals surface area (Å²) in [4.78, 5) is 0.389. The SMILES string of the molecule is C/C=S(/N)c1ccc(Oc2cc(F)cc(F)c2)c2c1[C@H](O)C(F)(F)C2. The van der Waals surface area contributed by atoms with E-state index in [4.69, 9.17) is 9.88 Å². The topological polar surface area (TPSA) is 55.5 Å². The van der Waals surface area contributed by atoms with Crippen molar-refractivity contribution < 1.29 is 27.4 Å². The van der Waals surface area contributed by atoms with Gasteiger partial charge in [-0.05, 0) is 24.4 Å². The third kappa shape index (κ3) is 3.29. The second-order valence-electron chi connectivity index (χ2n) is 5.61. The maximum atomic E-state index is 14.1. The van der Waals surface area contributed by atoms with Crippen molar-refractivity contribution >= 4 is 16.0 Å². The van der Waals surface area contributed by atoms with Gasteiger partial charge >= 0.3 is 0 Å². The fraction of sp³-hybridized carbons (Fsp3) is 0.235. The predicted octanol–water partition coefficient (Wildman–Crippen LogP) is 4.31. The highest BCUT2D eigenvalue weighted by molar-refractivity contribution is 8.13. The Labute approximate surface area is 144 Å². The second kappa shape index (κ2) is 6.44. The van der Waals surface area contributed by atoms with Gasteiger partial charge in [0.1, 0.15) is 29.2 Å². The Morgan fingerprint density at radius 1 is 1.24 bits per heavy atom. The van der Waals surface area contributed by atoms with Crippen molar-refractivity contribution in [3.63, 3.8) is 0 Å². The molecule has 8 heteroatoms. The monoisotopic (exact) mass is 373 g/mol. The number of nitrogens with two attached hydrogens (primary N) is 1. The highest BCUT2D eigenvalue weighted by atomic mass is 32.2. The molecule has 0 saturated heterocycles. The minimum absolute atomic E-state index is 0.00748. The lowest BCUT2D eigenvalue weighted by Crippen LogP contribution is -2.21. The minimum atomic E-state index is -3.37. The Kier molecular flexibility index (Phi) is 4.61. The van der Waals surface area contributed by atoms with Gasteiger partial charge in [-0.25, -0.2) is 17.6 Å². The lowest BCUT2D eigenvalue weighted by molar-refractivity contribution is -0.0976. The standard InChI is InChI=1S/C17H15F4NO2S/c1-2-25(22)14-4-3-13(12-8-17(20,21)16(23)15(12)14)24-11-6-9(18)5-10(19)7-11/h2-7,16,23H,8,22H2,1H3/t16-,25?/m0/s1. The van der Waals surface area contributed by atoms with Gasteiger partial charge in [0.05, 0.1) is 0 Å². The average molecular weight is 373 g/mol. The molecule has 0 saturated carbocycles. The van der Waals surface area contributed by atoms with Crippen LogP contribution in [0, 0.1) is 11.6 Å². The molecule has 0 amide bonds. The highest BCUT2D eigenvalue weighted by Gasteiger charge is 2.49. The van der Waals surface area contributed by atoms with Gasteiger partial charge in [0.25, 0.3) is 5.92 Å². The van der Waals surface area contributed by atoms with E-state index in [1.165, 1.54) is 12.1 Å². The summed E-state index contributed by atoms with van der Waals surface area (Å²) < 4.78 is 60.1. The third-order valence-corrected chi connectivity index (χ3v) is 5.30. The first-order valence-corrected chi connectivity index (χ1v) is 8.70. The fourth-order valence-corrected chi connectivity index (χ4v) is 3.76. The maximum absolute atomic E-state index is 14.1. The maximum Gasteiger partial charge on any atom is 0.281 e. The molecule has 25 heavy (non-hydrogen) atoms. The Balaban J connectivity index is 2.11.